The molecule has 110 valence electrons. The number of hydrogen-bond donors (Lipinski definition) is 0. The fraction of sp³-hybridized carbons (Fsp3) is 0.412. The van der Waals surface area contributed by atoms with Crippen LogP contribution in [0, 0.1) is 13.8 Å². The summed E-state index contributed by atoms with van der Waals surface area (Å²) in [7, 11) is 0. The van der Waals surface area contributed by atoms with E-state index in [1.165, 1.54) is 0 Å². The fourth-order valence-corrected chi connectivity index (χ4v) is 2.97. The summed E-state index contributed by atoms with van der Waals surface area (Å²) < 4.78 is 5.36. The molecule has 0 bridgehead atoms. The molecule has 1 aliphatic rings. The maximum absolute atomic E-state index is 12.6. The van der Waals surface area contributed by atoms with E-state index < -0.39 is 0 Å². The topological polar surface area (TPSA) is 46.3 Å². The van der Waals surface area contributed by atoms with Crippen molar-refractivity contribution in [1.82, 2.24) is 10.1 Å². The Bertz CT molecular complexity index is 648. The molecule has 1 atom stereocenters. The summed E-state index contributed by atoms with van der Waals surface area (Å²) in [5.74, 6) is 0.976. The molecule has 4 heteroatoms. The molecule has 0 N–H and O–H groups in total. The number of benzene rings is 1. The van der Waals surface area contributed by atoms with Gasteiger partial charge in [-0.15, -0.1) is 0 Å². The minimum atomic E-state index is 0.0442. The van der Waals surface area contributed by atoms with Crippen molar-refractivity contribution in [2.75, 3.05) is 6.54 Å². The number of hydrogen-bond acceptors (Lipinski definition) is 3. The molecule has 0 aliphatic carbocycles. The van der Waals surface area contributed by atoms with Crippen molar-refractivity contribution in [3.63, 3.8) is 0 Å². The van der Waals surface area contributed by atoms with E-state index in [0.29, 0.717) is 6.42 Å². The lowest BCUT2D eigenvalue weighted by Gasteiger charge is -2.23. The molecule has 2 heterocycles. The van der Waals surface area contributed by atoms with Gasteiger partial charge in [0.15, 0.2) is 5.76 Å². The maximum atomic E-state index is 12.6. The van der Waals surface area contributed by atoms with Crippen LogP contribution < -0.4 is 0 Å². The average molecular weight is 284 g/mol. The number of rotatable bonds is 3. The highest BCUT2D eigenvalue weighted by molar-refractivity contribution is 5.79. The Morgan fingerprint density at radius 1 is 1.38 bits per heavy atom. The van der Waals surface area contributed by atoms with Gasteiger partial charge in [0.25, 0.3) is 0 Å². The highest BCUT2D eigenvalue weighted by atomic mass is 16.5. The van der Waals surface area contributed by atoms with E-state index in [4.69, 9.17) is 4.52 Å². The number of carbonyl (C=O) groups is 1. The summed E-state index contributed by atoms with van der Waals surface area (Å²) in [5.41, 5.74) is 3.13. The summed E-state index contributed by atoms with van der Waals surface area (Å²) in [4.78, 5) is 14.6. The van der Waals surface area contributed by atoms with Crippen molar-refractivity contribution in [1.29, 1.82) is 0 Å². The van der Waals surface area contributed by atoms with Gasteiger partial charge in [0.05, 0.1) is 18.2 Å². The summed E-state index contributed by atoms with van der Waals surface area (Å²) >= 11 is 0. The lowest BCUT2D eigenvalue weighted by Crippen LogP contribution is -2.31. The van der Waals surface area contributed by atoms with E-state index in [1.807, 2.05) is 49.1 Å². The fourth-order valence-electron chi connectivity index (χ4n) is 2.97. The van der Waals surface area contributed by atoms with Gasteiger partial charge in [-0.1, -0.05) is 29.4 Å². The minimum absolute atomic E-state index is 0.0442. The number of amides is 1. The third-order valence-electron chi connectivity index (χ3n) is 4.15. The third-order valence-corrected chi connectivity index (χ3v) is 4.15. The predicted octanol–water partition coefficient (Wildman–Crippen LogP) is 3.20. The molecular weight excluding hydrogens is 264 g/mol. The number of likely N-dealkylation sites (tertiary alicyclic amines) is 1. The molecule has 1 unspecified atom stereocenters. The van der Waals surface area contributed by atoms with Crippen LogP contribution in [0.4, 0.5) is 0 Å². The molecule has 4 nitrogen and oxygen atoms in total. The summed E-state index contributed by atoms with van der Waals surface area (Å²) in [6, 6.07) is 10.0. The zero-order valence-electron chi connectivity index (χ0n) is 12.5. The van der Waals surface area contributed by atoms with Gasteiger partial charge in [-0.25, -0.2) is 0 Å². The normalized spacial score (nSPS) is 18.2. The molecule has 1 aliphatic heterocycles. The van der Waals surface area contributed by atoms with Crippen LogP contribution in [0.2, 0.25) is 0 Å². The molecule has 0 radical (unpaired) electrons. The standard InChI is InChI=1S/C17H20N2O2/c1-12-6-3-4-7-14(12)11-17(20)19-9-5-8-15(19)16-10-13(2)18-21-16/h3-4,6-7,10,15H,5,8-9,11H2,1-2H3. The van der Waals surface area contributed by atoms with E-state index in [-0.39, 0.29) is 11.9 Å². The first-order valence-electron chi connectivity index (χ1n) is 7.42. The monoisotopic (exact) mass is 284 g/mol. The Balaban J connectivity index is 1.76. The second-order valence-corrected chi connectivity index (χ2v) is 5.72. The largest absolute Gasteiger partial charge is 0.359 e. The van der Waals surface area contributed by atoms with E-state index in [0.717, 1.165) is 42.0 Å². The summed E-state index contributed by atoms with van der Waals surface area (Å²) in [6.07, 6.45) is 2.42. The number of aromatic nitrogens is 1. The Hall–Kier alpha value is -2.10. The highest BCUT2D eigenvalue weighted by Crippen LogP contribution is 2.32. The summed E-state index contributed by atoms with van der Waals surface area (Å²) in [5, 5.41) is 3.94. The Morgan fingerprint density at radius 2 is 2.19 bits per heavy atom. The van der Waals surface area contributed by atoms with E-state index in [1.54, 1.807) is 0 Å². The first kappa shape index (κ1) is 13.9. The Labute approximate surface area is 124 Å². The van der Waals surface area contributed by atoms with Crippen molar-refractivity contribution in [3.8, 4) is 0 Å². The third kappa shape index (κ3) is 2.84. The second kappa shape index (κ2) is 5.72. The van der Waals surface area contributed by atoms with Gasteiger partial charge >= 0.3 is 0 Å². The maximum Gasteiger partial charge on any atom is 0.227 e. The van der Waals surface area contributed by atoms with E-state index in [2.05, 4.69) is 5.16 Å². The van der Waals surface area contributed by atoms with Crippen molar-refractivity contribution in [3.05, 3.63) is 52.9 Å². The lowest BCUT2D eigenvalue weighted by molar-refractivity contribution is -0.131. The van der Waals surface area contributed by atoms with Crippen molar-refractivity contribution in [2.24, 2.45) is 0 Å². The van der Waals surface area contributed by atoms with Gasteiger partial charge in [0, 0.05) is 12.6 Å². The van der Waals surface area contributed by atoms with Crippen LogP contribution in [0.25, 0.3) is 0 Å². The van der Waals surface area contributed by atoms with Gasteiger partial charge in [-0.3, -0.25) is 4.79 Å². The van der Waals surface area contributed by atoms with E-state index in [9.17, 15) is 4.79 Å². The van der Waals surface area contributed by atoms with Gasteiger partial charge in [-0.05, 0) is 37.8 Å². The zero-order valence-corrected chi connectivity index (χ0v) is 12.5. The zero-order chi connectivity index (χ0) is 14.8. The molecule has 2 aromatic rings. The highest BCUT2D eigenvalue weighted by Gasteiger charge is 2.32. The molecular formula is C17H20N2O2. The summed E-state index contributed by atoms with van der Waals surface area (Å²) in [6.45, 7) is 4.75. The lowest BCUT2D eigenvalue weighted by atomic mass is 10.0. The van der Waals surface area contributed by atoms with Crippen molar-refractivity contribution >= 4 is 5.91 Å². The van der Waals surface area contributed by atoms with Crippen LogP contribution in [0.15, 0.2) is 34.9 Å². The first-order chi connectivity index (χ1) is 10.1. The van der Waals surface area contributed by atoms with Crippen LogP contribution in [0.1, 0.15) is 41.5 Å². The van der Waals surface area contributed by atoms with E-state index >= 15 is 0 Å². The van der Waals surface area contributed by atoms with Gasteiger partial charge in [0.2, 0.25) is 5.91 Å². The Kier molecular flexibility index (Phi) is 3.78. The SMILES string of the molecule is Cc1cc(C2CCCN2C(=O)Cc2ccccc2C)on1. The Morgan fingerprint density at radius 3 is 2.90 bits per heavy atom. The van der Waals surface area contributed by atoms with Crippen molar-refractivity contribution in [2.45, 2.75) is 39.2 Å². The molecule has 0 spiro atoms. The number of nitrogens with zero attached hydrogens (tertiary/aromatic N) is 2. The van der Waals surface area contributed by atoms with Crippen LogP contribution >= 0.6 is 0 Å². The quantitative estimate of drug-likeness (QED) is 0.869. The molecule has 0 saturated carbocycles. The van der Waals surface area contributed by atoms with Crippen LogP contribution in [0.3, 0.4) is 0 Å². The van der Waals surface area contributed by atoms with Crippen molar-refractivity contribution < 1.29 is 9.32 Å². The van der Waals surface area contributed by atoms with Gasteiger partial charge in [0.1, 0.15) is 0 Å². The molecule has 1 aromatic heterocycles. The van der Waals surface area contributed by atoms with Crippen LogP contribution in [0.5, 0.6) is 0 Å². The first-order valence-corrected chi connectivity index (χ1v) is 7.42. The van der Waals surface area contributed by atoms with Crippen LogP contribution in [-0.4, -0.2) is 22.5 Å². The molecule has 1 fully saturated rings. The second-order valence-electron chi connectivity index (χ2n) is 5.72. The van der Waals surface area contributed by atoms with Gasteiger partial charge in [-0.2, -0.15) is 0 Å². The molecule has 1 saturated heterocycles. The molecule has 3 rings (SSSR count). The smallest absolute Gasteiger partial charge is 0.227 e. The van der Waals surface area contributed by atoms with Crippen LogP contribution in [-0.2, 0) is 11.2 Å². The van der Waals surface area contributed by atoms with Gasteiger partial charge < -0.3 is 9.42 Å². The molecule has 1 aromatic carbocycles. The predicted molar refractivity (Wildman–Crippen MR) is 79.8 cm³/mol. The molecule has 21 heavy (non-hydrogen) atoms. The average Bonchev–Trinajstić information content (AvgIpc) is 3.09. The number of carbonyl (C=O) groups excluding carboxylic acids is 1. The minimum Gasteiger partial charge on any atom is -0.359 e. The molecule has 1 amide bonds. The number of aryl methyl sites for hydroxylation is 2.